The van der Waals surface area contributed by atoms with Gasteiger partial charge in [-0.1, -0.05) is 45.4 Å². The topological polar surface area (TPSA) is 173 Å². The number of carbonyl (C=O) groups is 4. The molecule has 1 aliphatic carbocycles. The van der Waals surface area contributed by atoms with Gasteiger partial charge in [0.25, 0.3) is 11.7 Å². The lowest BCUT2D eigenvalue weighted by Gasteiger charge is -2.47. The number of allylic oxidation sites excluding steroid dienone is 3. The van der Waals surface area contributed by atoms with Gasteiger partial charge in [0.05, 0.1) is 19.3 Å². The summed E-state index contributed by atoms with van der Waals surface area (Å²) < 4.78 is 36.2. The third-order valence-corrected chi connectivity index (χ3v) is 13.9. The van der Waals surface area contributed by atoms with E-state index in [0.717, 1.165) is 29.7 Å². The largest absolute Gasteiger partial charge is 0.497 e. The van der Waals surface area contributed by atoms with Gasteiger partial charge in [-0.25, -0.2) is 4.79 Å². The summed E-state index contributed by atoms with van der Waals surface area (Å²) in [7, 11) is 4.73. The summed E-state index contributed by atoms with van der Waals surface area (Å²) in [5, 5.41) is 12.1. The van der Waals surface area contributed by atoms with Gasteiger partial charge in [0.1, 0.15) is 41.6 Å². The molecular formula is C49H74N2O11. The van der Waals surface area contributed by atoms with Gasteiger partial charge in [-0.3, -0.25) is 14.4 Å². The van der Waals surface area contributed by atoms with Crippen LogP contribution >= 0.6 is 0 Å². The fourth-order valence-electron chi connectivity index (χ4n) is 10.1. The second-order valence-corrected chi connectivity index (χ2v) is 18.7. The number of rotatable bonds is 8. The van der Waals surface area contributed by atoms with Crippen molar-refractivity contribution in [1.82, 2.24) is 4.90 Å². The number of cyclic esters (lactones) is 1. The molecule has 3 N–H and O–H groups in total. The molecule has 3 aliphatic heterocycles. The number of nitrogens with zero attached hydrogens (tertiary/aromatic N) is 1. The molecule has 5 rings (SSSR count). The SMILES string of the molecule is CCC1C=C(C)CC(C)CC(OC)C2OC(O)(C(=O)C(=O)N3CCCCC3C(=O)OC(C(C)=CC3CCC(N)C(Oc4ccc(OC)cc4)C3)C(C)CCC1=O)C(C)CC2OC. The van der Waals surface area contributed by atoms with Gasteiger partial charge in [-0.2, -0.15) is 0 Å². The Morgan fingerprint density at radius 2 is 1.60 bits per heavy atom. The van der Waals surface area contributed by atoms with Crippen molar-refractivity contribution in [3.63, 3.8) is 0 Å². The van der Waals surface area contributed by atoms with Crippen LogP contribution in [0.2, 0.25) is 0 Å². The Bertz CT molecular complexity index is 1750. The number of Topliss-reactive ketones (excluding diaryl/α,β-unsaturated/α-hetero) is 2. The Hall–Kier alpha value is -3.62. The Morgan fingerprint density at radius 3 is 2.26 bits per heavy atom. The summed E-state index contributed by atoms with van der Waals surface area (Å²) in [4.78, 5) is 58.3. The summed E-state index contributed by atoms with van der Waals surface area (Å²) in [5.41, 5.74) is 8.50. The average molecular weight is 867 g/mol. The minimum Gasteiger partial charge on any atom is -0.497 e. The lowest BCUT2D eigenvalue weighted by Crippen LogP contribution is -2.64. The summed E-state index contributed by atoms with van der Waals surface area (Å²) in [6, 6.07) is 6.23. The minimum atomic E-state index is -2.47. The second kappa shape index (κ2) is 22.3. The van der Waals surface area contributed by atoms with Gasteiger partial charge in [-0.15, -0.1) is 0 Å². The van der Waals surface area contributed by atoms with Crippen molar-refractivity contribution in [1.29, 1.82) is 0 Å². The number of aliphatic hydroxyl groups is 1. The molecule has 13 nitrogen and oxygen atoms in total. The van der Waals surface area contributed by atoms with E-state index in [2.05, 4.69) is 19.1 Å². The smallest absolute Gasteiger partial charge is 0.329 e. The van der Waals surface area contributed by atoms with Crippen molar-refractivity contribution in [2.45, 2.75) is 167 Å². The van der Waals surface area contributed by atoms with E-state index in [4.69, 9.17) is 34.2 Å². The summed E-state index contributed by atoms with van der Waals surface area (Å²) in [5.74, 6) is -4.79. The molecule has 13 unspecified atom stereocenters. The lowest BCUT2D eigenvalue weighted by molar-refractivity contribution is -0.302. The van der Waals surface area contributed by atoms with E-state index in [-0.39, 0.29) is 54.6 Å². The van der Waals surface area contributed by atoms with Crippen molar-refractivity contribution in [2.24, 2.45) is 35.3 Å². The first-order valence-electron chi connectivity index (χ1n) is 23.0. The van der Waals surface area contributed by atoms with Crippen LogP contribution in [-0.4, -0.2) is 110 Å². The number of hydrogen-bond acceptors (Lipinski definition) is 12. The molecule has 1 saturated carbocycles. The summed E-state index contributed by atoms with van der Waals surface area (Å²) >= 11 is 0. The van der Waals surface area contributed by atoms with Crippen LogP contribution in [-0.2, 0) is 38.1 Å². The van der Waals surface area contributed by atoms with Crippen molar-refractivity contribution >= 4 is 23.4 Å². The first-order valence-corrected chi connectivity index (χ1v) is 23.0. The second-order valence-electron chi connectivity index (χ2n) is 18.7. The number of benzene rings is 1. The highest BCUT2D eigenvalue weighted by Crippen LogP contribution is 2.39. The molecule has 3 heterocycles. The molecule has 3 fully saturated rings. The van der Waals surface area contributed by atoms with Crippen LogP contribution < -0.4 is 15.2 Å². The highest BCUT2D eigenvalue weighted by molar-refractivity contribution is 6.39. The third kappa shape index (κ3) is 11.9. The zero-order valence-electron chi connectivity index (χ0n) is 38.6. The molecule has 2 saturated heterocycles. The lowest BCUT2D eigenvalue weighted by atomic mass is 9.81. The van der Waals surface area contributed by atoms with E-state index in [0.29, 0.717) is 63.5 Å². The van der Waals surface area contributed by atoms with Gasteiger partial charge in [-0.05, 0) is 132 Å². The van der Waals surface area contributed by atoms with E-state index in [9.17, 15) is 24.3 Å². The van der Waals surface area contributed by atoms with Crippen LogP contribution in [0.1, 0.15) is 119 Å². The maximum Gasteiger partial charge on any atom is 0.329 e. The molecule has 1 aromatic rings. The Kier molecular flexibility index (Phi) is 17.8. The molecule has 346 valence electrons. The standard InChI is InChI=1S/C49H74N2O11/c1-10-35-24-29(2)23-30(3)25-42(58-8)45-43(59-9)27-33(6)49(56,62-45)46(53)47(54)51-22-12-11-13-39(51)48(55)61-44(31(4)14-21-40(35)52)32(5)26-34-15-20-38(50)41(28-34)60-37-18-16-36(57-7)17-19-37/h16-19,24,26,30-31,33-35,38-39,41-45,56H,10-15,20-23,25,27-28,50H2,1-9H3. The van der Waals surface area contributed by atoms with E-state index < -0.39 is 59.8 Å². The molecule has 4 aliphatic rings. The van der Waals surface area contributed by atoms with Gasteiger partial charge < -0.3 is 44.2 Å². The highest BCUT2D eigenvalue weighted by Gasteiger charge is 2.56. The number of piperidine rings is 1. The van der Waals surface area contributed by atoms with Gasteiger partial charge in [0, 0.05) is 45.1 Å². The van der Waals surface area contributed by atoms with Crippen LogP contribution in [0.3, 0.4) is 0 Å². The predicted octanol–water partition coefficient (Wildman–Crippen LogP) is 6.91. The van der Waals surface area contributed by atoms with Crippen molar-refractivity contribution in [3.8, 4) is 11.5 Å². The fourth-order valence-corrected chi connectivity index (χ4v) is 10.1. The molecule has 0 spiro atoms. The van der Waals surface area contributed by atoms with Crippen LogP contribution in [0.25, 0.3) is 0 Å². The fraction of sp³-hybridized carbons (Fsp3) is 0.714. The summed E-state index contributed by atoms with van der Waals surface area (Å²) in [6.07, 6.45) is 7.95. The number of esters is 1. The van der Waals surface area contributed by atoms with Crippen molar-refractivity contribution in [3.05, 3.63) is 47.6 Å². The van der Waals surface area contributed by atoms with E-state index in [1.54, 1.807) is 28.3 Å². The first kappa shape index (κ1) is 49.4. The number of carbonyl (C=O) groups excluding carboxylic acids is 4. The number of ketones is 2. The zero-order valence-corrected chi connectivity index (χ0v) is 38.6. The molecule has 62 heavy (non-hydrogen) atoms. The monoisotopic (exact) mass is 867 g/mol. The quantitative estimate of drug-likeness (QED) is 0.157. The first-order chi connectivity index (χ1) is 29.5. The number of amides is 1. The molecule has 13 atom stereocenters. The van der Waals surface area contributed by atoms with Crippen molar-refractivity contribution < 1.29 is 52.7 Å². The highest BCUT2D eigenvalue weighted by atomic mass is 16.7. The van der Waals surface area contributed by atoms with Crippen LogP contribution in [0.5, 0.6) is 11.5 Å². The van der Waals surface area contributed by atoms with Gasteiger partial charge >= 0.3 is 5.97 Å². The molecule has 0 radical (unpaired) electrons. The Labute approximate surface area is 369 Å². The number of fused-ring (bicyclic) bond motifs is 3. The number of hydrogen-bond donors (Lipinski definition) is 2. The maximum absolute atomic E-state index is 14.5. The average Bonchev–Trinajstić information content (AvgIpc) is 3.26. The normalized spacial score (nSPS) is 36.5. The minimum absolute atomic E-state index is 0.0820. The number of nitrogens with two attached hydrogens (primary N) is 1. The Balaban J connectivity index is 1.47. The molecular weight excluding hydrogens is 793 g/mol. The Morgan fingerprint density at radius 1 is 0.919 bits per heavy atom. The number of methoxy groups -OCH3 is 3. The van der Waals surface area contributed by atoms with Crippen molar-refractivity contribution in [2.75, 3.05) is 27.9 Å². The maximum atomic E-state index is 14.5. The molecule has 13 heteroatoms. The van der Waals surface area contributed by atoms with Crippen LogP contribution in [0, 0.1) is 29.6 Å². The zero-order chi connectivity index (χ0) is 45.3. The van der Waals surface area contributed by atoms with Crippen LogP contribution in [0.15, 0.2) is 47.6 Å². The summed E-state index contributed by atoms with van der Waals surface area (Å²) in [6.45, 7) is 11.9. The molecule has 0 aromatic heterocycles. The molecule has 1 amide bonds. The van der Waals surface area contributed by atoms with Gasteiger partial charge in [0.15, 0.2) is 0 Å². The molecule has 1 aromatic carbocycles. The van der Waals surface area contributed by atoms with E-state index in [1.807, 2.05) is 52.0 Å². The predicted molar refractivity (Wildman–Crippen MR) is 235 cm³/mol. The van der Waals surface area contributed by atoms with E-state index in [1.165, 1.54) is 4.90 Å². The third-order valence-electron chi connectivity index (χ3n) is 13.9. The number of ether oxygens (including phenoxy) is 6. The molecule has 2 bridgehead atoms. The van der Waals surface area contributed by atoms with E-state index >= 15 is 0 Å². The van der Waals surface area contributed by atoms with Gasteiger partial charge in [0.2, 0.25) is 5.79 Å². The van der Waals surface area contributed by atoms with Crippen LogP contribution in [0.4, 0.5) is 0 Å².